The van der Waals surface area contributed by atoms with Gasteiger partial charge in [0.1, 0.15) is 11.5 Å². The maximum absolute atomic E-state index is 12.8. The van der Waals surface area contributed by atoms with Gasteiger partial charge in [0.05, 0.1) is 39.5 Å². The first kappa shape index (κ1) is 22.4. The molecule has 0 aliphatic carbocycles. The molecule has 9 heteroatoms. The fraction of sp³-hybridized carbons (Fsp3) is 0.375. The van der Waals surface area contributed by atoms with E-state index in [0.717, 1.165) is 12.0 Å². The first-order valence-corrected chi connectivity index (χ1v) is 10.7. The molecule has 1 atom stereocenters. The molecule has 0 N–H and O–H groups in total. The van der Waals surface area contributed by atoms with Crippen molar-refractivity contribution in [2.45, 2.75) is 25.7 Å². The van der Waals surface area contributed by atoms with Gasteiger partial charge in [-0.3, -0.25) is 4.79 Å². The molecule has 4 rings (SSSR count). The summed E-state index contributed by atoms with van der Waals surface area (Å²) in [6.45, 7) is 3.06. The van der Waals surface area contributed by atoms with Crippen molar-refractivity contribution in [3.63, 3.8) is 0 Å². The molecule has 1 aliphatic rings. The Labute approximate surface area is 192 Å². The van der Waals surface area contributed by atoms with Gasteiger partial charge >= 0.3 is 0 Å². The summed E-state index contributed by atoms with van der Waals surface area (Å²) < 4.78 is 27.4. The molecule has 0 bridgehead atoms. The standard InChI is InChI=1S/C24H27N3O6/c1-5-10-32-19-9-6-15(11-21(19)31-4)23-25-24(33-26-23)16-12-22(28)27(14-16)18-8-7-17(29-2)13-20(18)30-3/h6-9,11,13,16H,5,10,12,14H2,1-4H3. The highest BCUT2D eigenvalue weighted by atomic mass is 16.5. The maximum atomic E-state index is 12.8. The Bertz CT molecular complexity index is 1130. The average Bonchev–Trinajstić information content (AvgIpc) is 3.49. The van der Waals surface area contributed by atoms with Crippen LogP contribution in [0.2, 0.25) is 0 Å². The number of ether oxygens (including phenoxy) is 4. The molecule has 1 saturated heterocycles. The van der Waals surface area contributed by atoms with Crippen LogP contribution in [-0.2, 0) is 4.79 Å². The van der Waals surface area contributed by atoms with Crippen LogP contribution in [0.5, 0.6) is 23.0 Å². The smallest absolute Gasteiger partial charge is 0.232 e. The molecular weight excluding hydrogens is 426 g/mol. The van der Waals surface area contributed by atoms with Crippen LogP contribution in [0.1, 0.15) is 31.6 Å². The highest BCUT2D eigenvalue weighted by Crippen LogP contribution is 2.38. The van der Waals surface area contributed by atoms with E-state index in [1.807, 2.05) is 31.2 Å². The Balaban J connectivity index is 1.53. The van der Waals surface area contributed by atoms with Crippen LogP contribution in [0, 0.1) is 0 Å². The summed E-state index contributed by atoms with van der Waals surface area (Å²) in [5.74, 6) is 3.06. The molecular formula is C24H27N3O6. The molecule has 0 saturated carbocycles. The topological polar surface area (TPSA) is 96.2 Å². The molecule has 174 valence electrons. The lowest BCUT2D eigenvalue weighted by Crippen LogP contribution is -2.24. The van der Waals surface area contributed by atoms with E-state index in [1.54, 1.807) is 38.4 Å². The summed E-state index contributed by atoms with van der Waals surface area (Å²) in [5.41, 5.74) is 1.42. The second kappa shape index (κ2) is 9.81. The number of carbonyl (C=O) groups is 1. The normalized spacial score (nSPS) is 15.6. The molecule has 33 heavy (non-hydrogen) atoms. The minimum Gasteiger partial charge on any atom is -0.497 e. The second-order valence-corrected chi connectivity index (χ2v) is 7.61. The molecule has 1 aromatic heterocycles. The molecule has 1 amide bonds. The fourth-order valence-electron chi connectivity index (χ4n) is 3.77. The van der Waals surface area contributed by atoms with E-state index in [0.29, 0.717) is 53.6 Å². The fourth-order valence-corrected chi connectivity index (χ4v) is 3.77. The van der Waals surface area contributed by atoms with Crippen molar-refractivity contribution < 1.29 is 28.3 Å². The number of hydrogen-bond acceptors (Lipinski definition) is 8. The summed E-state index contributed by atoms with van der Waals surface area (Å²) in [7, 11) is 4.74. The van der Waals surface area contributed by atoms with E-state index in [-0.39, 0.29) is 18.2 Å². The molecule has 1 aliphatic heterocycles. The van der Waals surface area contributed by atoms with Gasteiger partial charge < -0.3 is 28.4 Å². The molecule has 0 radical (unpaired) electrons. The van der Waals surface area contributed by atoms with E-state index >= 15 is 0 Å². The Morgan fingerprint density at radius 1 is 1.03 bits per heavy atom. The van der Waals surface area contributed by atoms with E-state index < -0.39 is 0 Å². The number of benzene rings is 2. The van der Waals surface area contributed by atoms with Crippen molar-refractivity contribution in [2.75, 3.05) is 39.4 Å². The predicted molar refractivity (Wildman–Crippen MR) is 121 cm³/mol. The van der Waals surface area contributed by atoms with Gasteiger partial charge in [-0.2, -0.15) is 4.98 Å². The predicted octanol–water partition coefficient (Wildman–Crippen LogP) is 4.07. The van der Waals surface area contributed by atoms with Crippen LogP contribution in [0.25, 0.3) is 11.4 Å². The molecule has 1 fully saturated rings. The maximum Gasteiger partial charge on any atom is 0.232 e. The van der Waals surface area contributed by atoms with Gasteiger partial charge in [0.25, 0.3) is 0 Å². The number of hydrogen-bond donors (Lipinski definition) is 0. The summed E-state index contributed by atoms with van der Waals surface area (Å²) in [4.78, 5) is 19.0. The quantitative estimate of drug-likeness (QED) is 0.478. The summed E-state index contributed by atoms with van der Waals surface area (Å²) >= 11 is 0. The Morgan fingerprint density at radius 2 is 1.85 bits per heavy atom. The third kappa shape index (κ3) is 4.57. The first-order chi connectivity index (χ1) is 16.1. The van der Waals surface area contributed by atoms with Crippen LogP contribution >= 0.6 is 0 Å². The van der Waals surface area contributed by atoms with Crippen molar-refractivity contribution in [1.29, 1.82) is 0 Å². The number of carbonyl (C=O) groups excluding carboxylic acids is 1. The summed E-state index contributed by atoms with van der Waals surface area (Å²) in [5, 5.41) is 4.12. The second-order valence-electron chi connectivity index (χ2n) is 7.61. The van der Waals surface area contributed by atoms with Gasteiger partial charge in [0.15, 0.2) is 11.5 Å². The monoisotopic (exact) mass is 453 g/mol. The Hall–Kier alpha value is -3.75. The van der Waals surface area contributed by atoms with Crippen LogP contribution in [0.4, 0.5) is 5.69 Å². The number of anilines is 1. The van der Waals surface area contributed by atoms with Gasteiger partial charge in [0, 0.05) is 24.6 Å². The molecule has 2 aromatic carbocycles. The van der Waals surface area contributed by atoms with Gasteiger partial charge in [-0.1, -0.05) is 12.1 Å². The number of rotatable bonds is 9. The SMILES string of the molecule is CCCOc1ccc(-c2noc(C3CC(=O)N(c4ccc(OC)cc4OC)C3)n2)cc1OC. The zero-order valence-corrected chi connectivity index (χ0v) is 19.2. The van der Waals surface area contributed by atoms with Crippen LogP contribution in [-0.4, -0.2) is 50.5 Å². The molecule has 1 unspecified atom stereocenters. The number of nitrogens with zero attached hydrogens (tertiary/aromatic N) is 3. The zero-order valence-electron chi connectivity index (χ0n) is 19.2. The summed E-state index contributed by atoms with van der Waals surface area (Å²) in [6.07, 6.45) is 1.17. The van der Waals surface area contributed by atoms with Crippen molar-refractivity contribution in [3.05, 3.63) is 42.3 Å². The molecule has 2 heterocycles. The van der Waals surface area contributed by atoms with Crippen molar-refractivity contribution >= 4 is 11.6 Å². The van der Waals surface area contributed by atoms with Crippen molar-refractivity contribution in [3.8, 4) is 34.4 Å². The largest absolute Gasteiger partial charge is 0.497 e. The van der Waals surface area contributed by atoms with E-state index in [9.17, 15) is 4.79 Å². The van der Waals surface area contributed by atoms with Crippen LogP contribution < -0.4 is 23.8 Å². The zero-order chi connectivity index (χ0) is 23.4. The average molecular weight is 453 g/mol. The lowest BCUT2D eigenvalue weighted by Gasteiger charge is -2.19. The number of methoxy groups -OCH3 is 3. The highest BCUT2D eigenvalue weighted by molar-refractivity contribution is 5.97. The van der Waals surface area contributed by atoms with Crippen LogP contribution in [0.3, 0.4) is 0 Å². The minimum absolute atomic E-state index is 0.0395. The van der Waals surface area contributed by atoms with Gasteiger partial charge in [-0.15, -0.1) is 0 Å². The number of aromatic nitrogens is 2. The van der Waals surface area contributed by atoms with E-state index in [4.69, 9.17) is 23.5 Å². The van der Waals surface area contributed by atoms with Crippen molar-refractivity contribution in [1.82, 2.24) is 10.1 Å². The molecule has 3 aromatic rings. The van der Waals surface area contributed by atoms with Gasteiger partial charge in [0.2, 0.25) is 17.6 Å². The van der Waals surface area contributed by atoms with Crippen LogP contribution in [0.15, 0.2) is 40.9 Å². The third-order valence-electron chi connectivity index (χ3n) is 5.48. The lowest BCUT2D eigenvalue weighted by atomic mass is 10.1. The van der Waals surface area contributed by atoms with Gasteiger partial charge in [-0.25, -0.2) is 0 Å². The number of amides is 1. The molecule has 9 nitrogen and oxygen atoms in total. The molecule has 0 spiro atoms. The van der Waals surface area contributed by atoms with E-state index in [2.05, 4.69) is 10.1 Å². The highest BCUT2D eigenvalue weighted by Gasteiger charge is 2.36. The minimum atomic E-state index is -0.223. The summed E-state index contributed by atoms with van der Waals surface area (Å²) in [6, 6.07) is 10.9. The third-order valence-corrected chi connectivity index (χ3v) is 5.48. The van der Waals surface area contributed by atoms with Gasteiger partial charge in [-0.05, 0) is 36.8 Å². The van der Waals surface area contributed by atoms with Crippen molar-refractivity contribution in [2.24, 2.45) is 0 Å². The lowest BCUT2D eigenvalue weighted by molar-refractivity contribution is -0.117. The Kier molecular flexibility index (Phi) is 6.67. The van der Waals surface area contributed by atoms with E-state index in [1.165, 1.54) is 0 Å². The first-order valence-electron chi connectivity index (χ1n) is 10.7. The Morgan fingerprint density at radius 3 is 2.58 bits per heavy atom.